The number of carbonyl (C=O) groups is 2. The lowest BCUT2D eigenvalue weighted by Crippen LogP contribution is -2.19. The van der Waals surface area contributed by atoms with Gasteiger partial charge in [0, 0.05) is 4.88 Å². The van der Waals surface area contributed by atoms with E-state index in [0.717, 1.165) is 35.3 Å². The average Bonchev–Trinajstić information content (AvgIpc) is 2.98. The van der Waals surface area contributed by atoms with Crippen LogP contribution in [-0.2, 0) is 22.4 Å². The van der Waals surface area contributed by atoms with Gasteiger partial charge in [-0.1, -0.05) is 37.3 Å². The molecule has 26 heavy (non-hydrogen) atoms. The van der Waals surface area contributed by atoms with Crippen LogP contribution in [0.5, 0.6) is 0 Å². The molecular weight excluding hydrogens is 370 g/mol. The van der Waals surface area contributed by atoms with Gasteiger partial charge in [0.05, 0.1) is 12.2 Å². The van der Waals surface area contributed by atoms with Gasteiger partial charge in [-0.3, -0.25) is 4.79 Å². The minimum absolute atomic E-state index is 0.301. The summed E-state index contributed by atoms with van der Waals surface area (Å²) in [5.41, 5.74) is 2.25. The van der Waals surface area contributed by atoms with Crippen molar-refractivity contribution in [2.45, 2.75) is 38.5 Å². The third-order valence-corrected chi connectivity index (χ3v) is 6.17. The number of rotatable bonds is 5. The molecule has 1 aromatic carbocycles. The van der Waals surface area contributed by atoms with Crippen molar-refractivity contribution in [2.75, 3.05) is 11.9 Å². The lowest BCUT2D eigenvalue weighted by molar-refractivity contribution is -0.115. The molecule has 6 heteroatoms. The minimum atomic E-state index is -0.815. The van der Waals surface area contributed by atoms with Crippen LogP contribution >= 0.6 is 22.9 Å². The van der Waals surface area contributed by atoms with Crippen LogP contribution in [0.3, 0.4) is 0 Å². The minimum Gasteiger partial charge on any atom is -0.462 e. The third-order valence-electron chi connectivity index (χ3n) is 4.55. The first kappa shape index (κ1) is 18.9. The van der Waals surface area contributed by atoms with Gasteiger partial charge in [0.2, 0.25) is 5.91 Å². The van der Waals surface area contributed by atoms with Crippen LogP contribution in [0.2, 0.25) is 0 Å². The highest BCUT2D eigenvalue weighted by Gasteiger charge is 2.30. The number of esters is 1. The summed E-state index contributed by atoms with van der Waals surface area (Å²) in [4.78, 5) is 26.3. The lowest BCUT2D eigenvalue weighted by Gasteiger charge is -2.18. The number of anilines is 1. The van der Waals surface area contributed by atoms with E-state index >= 15 is 0 Å². The fourth-order valence-electron chi connectivity index (χ4n) is 3.21. The predicted molar refractivity (Wildman–Crippen MR) is 105 cm³/mol. The van der Waals surface area contributed by atoms with Gasteiger partial charge in [0.1, 0.15) is 10.4 Å². The SMILES string of the molecule is CCOC(=O)c1c(NC(=O)[C@H](Cl)c2ccccc2)sc2c1CC[C@H](C)C2. The predicted octanol–water partition coefficient (Wildman–Crippen LogP) is 4.97. The van der Waals surface area contributed by atoms with Crippen molar-refractivity contribution in [3.8, 4) is 0 Å². The first-order valence-corrected chi connectivity index (χ1v) is 10.1. The maximum Gasteiger partial charge on any atom is 0.341 e. The molecule has 0 saturated carbocycles. The Balaban J connectivity index is 1.89. The van der Waals surface area contributed by atoms with Gasteiger partial charge >= 0.3 is 5.97 Å². The molecule has 1 aliphatic carbocycles. The summed E-state index contributed by atoms with van der Waals surface area (Å²) in [6.07, 6.45) is 2.79. The van der Waals surface area contributed by atoms with Gasteiger partial charge in [-0.25, -0.2) is 4.79 Å². The number of benzene rings is 1. The van der Waals surface area contributed by atoms with E-state index in [1.165, 1.54) is 11.3 Å². The van der Waals surface area contributed by atoms with E-state index in [1.807, 2.05) is 30.3 Å². The maximum atomic E-state index is 12.6. The van der Waals surface area contributed by atoms with Gasteiger partial charge in [0.25, 0.3) is 0 Å². The van der Waals surface area contributed by atoms with E-state index in [1.54, 1.807) is 6.92 Å². The van der Waals surface area contributed by atoms with Crippen LogP contribution in [0.4, 0.5) is 5.00 Å². The van der Waals surface area contributed by atoms with Crippen LogP contribution in [0.25, 0.3) is 0 Å². The van der Waals surface area contributed by atoms with E-state index in [4.69, 9.17) is 16.3 Å². The summed E-state index contributed by atoms with van der Waals surface area (Å²) in [7, 11) is 0. The average molecular weight is 392 g/mol. The second-order valence-electron chi connectivity index (χ2n) is 6.54. The standard InChI is InChI=1S/C20H22ClNO3S/c1-3-25-20(24)16-14-10-9-12(2)11-15(14)26-19(16)22-18(23)17(21)13-7-5-4-6-8-13/h4-8,12,17H,3,9-11H2,1-2H3,(H,22,23)/t12-,17+/m0/s1. The second kappa shape index (κ2) is 8.23. The molecule has 0 unspecified atom stereocenters. The highest BCUT2D eigenvalue weighted by atomic mass is 35.5. The molecule has 1 aliphatic rings. The molecule has 0 fully saturated rings. The zero-order valence-electron chi connectivity index (χ0n) is 14.9. The Morgan fingerprint density at radius 2 is 2.08 bits per heavy atom. The van der Waals surface area contributed by atoms with Gasteiger partial charge in [-0.2, -0.15) is 0 Å². The largest absolute Gasteiger partial charge is 0.462 e. The number of alkyl halides is 1. The molecule has 1 N–H and O–H groups in total. The van der Waals surface area contributed by atoms with E-state index < -0.39 is 5.38 Å². The fourth-order valence-corrected chi connectivity index (χ4v) is 4.81. The molecule has 0 spiro atoms. The number of nitrogens with one attached hydrogen (secondary N) is 1. The molecule has 138 valence electrons. The Kier molecular flexibility index (Phi) is 5.99. The quantitative estimate of drug-likeness (QED) is 0.578. The van der Waals surface area contributed by atoms with E-state index in [9.17, 15) is 9.59 Å². The number of fused-ring (bicyclic) bond motifs is 1. The molecule has 1 amide bonds. The summed E-state index contributed by atoms with van der Waals surface area (Å²) in [5.74, 6) is -0.138. The first-order valence-electron chi connectivity index (χ1n) is 8.82. The van der Waals surface area contributed by atoms with Gasteiger partial charge in [-0.05, 0) is 43.2 Å². The Bertz CT molecular complexity index is 803. The smallest absolute Gasteiger partial charge is 0.341 e. The summed E-state index contributed by atoms with van der Waals surface area (Å²) in [6.45, 7) is 4.28. The number of ether oxygens (including phenoxy) is 1. The van der Waals surface area contributed by atoms with E-state index in [2.05, 4.69) is 12.2 Å². The van der Waals surface area contributed by atoms with Crippen molar-refractivity contribution in [3.63, 3.8) is 0 Å². The number of amides is 1. The van der Waals surface area contributed by atoms with E-state index in [0.29, 0.717) is 23.1 Å². The second-order valence-corrected chi connectivity index (χ2v) is 8.08. The third kappa shape index (κ3) is 3.94. The normalized spacial score (nSPS) is 17.3. The van der Waals surface area contributed by atoms with Crippen molar-refractivity contribution in [1.82, 2.24) is 0 Å². The summed E-state index contributed by atoms with van der Waals surface area (Å²) in [6, 6.07) is 9.17. The number of thiophene rings is 1. The zero-order valence-corrected chi connectivity index (χ0v) is 16.5. The summed E-state index contributed by atoms with van der Waals surface area (Å²) >= 11 is 7.80. The Morgan fingerprint density at radius 1 is 1.35 bits per heavy atom. The van der Waals surface area contributed by atoms with Crippen LogP contribution in [0.15, 0.2) is 30.3 Å². The monoisotopic (exact) mass is 391 g/mol. The highest BCUT2D eigenvalue weighted by Crippen LogP contribution is 2.40. The van der Waals surface area contributed by atoms with Gasteiger partial charge in [-0.15, -0.1) is 22.9 Å². The molecule has 2 atom stereocenters. The van der Waals surface area contributed by atoms with Crippen LogP contribution < -0.4 is 5.32 Å². The van der Waals surface area contributed by atoms with E-state index in [-0.39, 0.29) is 11.9 Å². The Labute approximate surface area is 162 Å². The molecule has 1 aromatic heterocycles. The Morgan fingerprint density at radius 3 is 2.77 bits per heavy atom. The molecule has 0 saturated heterocycles. The molecule has 1 heterocycles. The molecule has 0 bridgehead atoms. The number of hydrogen-bond acceptors (Lipinski definition) is 4. The highest BCUT2D eigenvalue weighted by molar-refractivity contribution is 7.17. The molecular formula is C20H22ClNO3S. The summed E-state index contributed by atoms with van der Waals surface area (Å²) < 4.78 is 5.23. The number of halogens is 1. The van der Waals surface area contributed by atoms with Crippen molar-refractivity contribution in [1.29, 1.82) is 0 Å². The number of carbonyl (C=O) groups excluding carboxylic acids is 2. The van der Waals surface area contributed by atoms with Crippen molar-refractivity contribution in [3.05, 3.63) is 51.9 Å². The molecule has 2 aromatic rings. The van der Waals surface area contributed by atoms with Gasteiger partial charge < -0.3 is 10.1 Å². The fraction of sp³-hybridized carbons (Fsp3) is 0.400. The summed E-state index contributed by atoms with van der Waals surface area (Å²) in [5, 5.41) is 2.60. The Hall–Kier alpha value is -1.85. The zero-order chi connectivity index (χ0) is 18.7. The molecule has 0 aliphatic heterocycles. The van der Waals surface area contributed by atoms with Crippen LogP contribution in [0, 0.1) is 5.92 Å². The van der Waals surface area contributed by atoms with Crippen LogP contribution in [0.1, 0.15) is 52.0 Å². The first-order chi connectivity index (χ1) is 12.5. The molecule has 4 nitrogen and oxygen atoms in total. The molecule has 3 rings (SSSR count). The van der Waals surface area contributed by atoms with Gasteiger partial charge in [0.15, 0.2) is 0 Å². The van der Waals surface area contributed by atoms with Crippen molar-refractivity contribution >= 4 is 39.8 Å². The maximum absolute atomic E-state index is 12.6. The number of hydrogen-bond donors (Lipinski definition) is 1. The van der Waals surface area contributed by atoms with Crippen LogP contribution in [-0.4, -0.2) is 18.5 Å². The topological polar surface area (TPSA) is 55.4 Å². The van der Waals surface area contributed by atoms with Crippen molar-refractivity contribution in [2.24, 2.45) is 5.92 Å². The lowest BCUT2D eigenvalue weighted by atomic mass is 9.88. The van der Waals surface area contributed by atoms with Crippen molar-refractivity contribution < 1.29 is 14.3 Å². The molecule has 0 radical (unpaired) electrons.